The van der Waals surface area contributed by atoms with Gasteiger partial charge in [-0.25, -0.2) is 9.78 Å². The lowest BCUT2D eigenvalue weighted by molar-refractivity contribution is -0.132. The molecule has 0 bridgehead atoms. The van der Waals surface area contributed by atoms with Crippen LogP contribution in [0.4, 0.5) is 5.13 Å². The quantitative estimate of drug-likeness (QED) is 0.173. The number of aliphatic hydroxyl groups is 1. The summed E-state index contributed by atoms with van der Waals surface area (Å²) < 4.78 is 10.4. The Morgan fingerprint density at radius 2 is 1.89 bits per heavy atom. The summed E-state index contributed by atoms with van der Waals surface area (Å²) in [6.45, 7) is 5.24. The van der Waals surface area contributed by atoms with Crippen LogP contribution in [0.2, 0.25) is 10.0 Å². The molecule has 0 radical (unpaired) electrons. The van der Waals surface area contributed by atoms with E-state index in [2.05, 4.69) is 4.98 Å². The summed E-state index contributed by atoms with van der Waals surface area (Å²) in [7, 11) is 1.52. The molecule has 2 aromatic carbocycles. The lowest BCUT2D eigenvalue weighted by atomic mass is 9.95. The Bertz CT molecular complexity index is 1470. The van der Waals surface area contributed by atoms with Gasteiger partial charge in [0.05, 0.1) is 31.0 Å². The second-order valence-electron chi connectivity index (χ2n) is 8.15. The topological polar surface area (TPSA) is 106 Å². The fourth-order valence-corrected chi connectivity index (χ4v) is 5.60. The number of aliphatic hydroxyl groups excluding tert-OH is 1. The molecular formula is C26H22Cl2N2O6S. The Balaban J connectivity index is 1.95. The van der Waals surface area contributed by atoms with E-state index in [9.17, 15) is 19.5 Å². The number of methoxy groups -OCH3 is 1. The van der Waals surface area contributed by atoms with Gasteiger partial charge in [-0.3, -0.25) is 14.5 Å². The van der Waals surface area contributed by atoms with Crippen LogP contribution in [0.1, 0.15) is 45.0 Å². The fourth-order valence-electron chi connectivity index (χ4n) is 4.10. The van der Waals surface area contributed by atoms with Crippen molar-refractivity contribution >= 4 is 63.1 Å². The predicted octanol–water partition coefficient (Wildman–Crippen LogP) is 5.88. The van der Waals surface area contributed by atoms with Crippen molar-refractivity contribution in [1.82, 2.24) is 4.98 Å². The van der Waals surface area contributed by atoms with Gasteiger partial charge in [-0.15, -0.1) is 0 Å². The molecule has 8 nitrogen and oxygen atoms in total. The van der Waals surface area contributed by atoms with Crippen molar-refractivity contribution in [1.29, 1.82) is 0 Å². The van der Waals surface area contributed by atoms with E-state index in [1.54, 1.807) is 51.1 Å². The highest BCUT2D eigenvalue weighted by Gasteiger charge is 2.49. The molecule has 0 aliphatic carbocycles. The number of nitrogens with zero attached hydrogens (tertiary/aromatic N) is 2. The van der Waals surface area contributed by atoms with Crippen molar-refractivity contribution in [3.05, 3.63) is 79.3 Å². The minimum atomic E-state index is -1.13. The number of halogens is 2. The van der Waals surface area contributed by atoms with Gasteiger partial charge in [-0.2, -0.15) is 0 Å². The number of ether oxygens (including phenoxy) is 2. The number of Topliss-reactive ketones (excluding diaryl/α,β-unsaturated/α-hetero) is 1. The number of thiazole rings is 1. The van der Waals surface area contributed by atoms with Gasteiger partial charge in [0.2, 0.25) is 0 Å². The third-order valence-corrected chi connectivity index (χ3v) is 7.52. The van der Waals surface area contributed by atoms with E-state index < -0.39 is 23.7 Å². The van der Waals surface area contributed by atoms with Crippen LogP contribution < -0.4 is 9.64 Å². The van der Waals surface area contributed by atoms with Crippen molar-refractivity contribution in [2.24, 2.45) is 0 Å². The third-order valence-electron chi connectivity index (χ3n) is 5.82. The van der Waals surface area contributed by atoms with Crippen molar-refractivity contribution in [2.75, 3.05) is 18.6 Å². The number of anilines is 1. The van der Waals surface area contributed by atoms with E-state index in [1.165, 1.54) is 13.2 Å². The third kappa shape index (κ3) is 4.82. The number of rotatable bonds is 6. The number of carbonyl (C=O) groups is 3. The van der Waals surface area contributed by atoms with Gasteiger partial charge in [0, 0.05) is 15.6 Å². The Kier molecular flexibility index (Phi) is 7.59. The number of hydrogen-bond acceptors (Lipinski definition) is 8. The minimum Gasteiger partial charge on any atom is -0.507 e. The molecular weight excluding hydrogens is 539 g/mol. The molecule has 0 saturated carbocycles. The number of aryl methyl sites for hydroxylation is 2. The van der Waals surface area contributed by atoms with Gasteiger partial charge in [0.1, 0.15) is 16.4 Å². The molecule has 4 rings (SSSR count). The number of ketones is 1. The number of benzene rings is 2. The Labute approximate surface area is 227 Å². The first-order valence-electron chi connectivity index (χ1n) is 11.1. The van der Waals surface area contributed by atoms with Crippen molar-refractivity contribution in [2.45, 2.75) is 26.8 Å². The molecule has 1 N–H and O–H groups in total. The second kappa shape index (κ2) is 10.5. The number of carbonyl (C=O) groups excluding carboxylic acids is 3. The van der Waals surface area contributed by atoms with Gasteiger partial charge < -0.3 is 14.6 Å². The van der Waals surface area contributed by atoms with Gasteiger partial charge in [0.25, 0.3) is 5.78 Å². The molecule has 1 amide bonds. The normalized spacial score (nSPS) is 16.8. The summed E-state index contributed by atoms with van der Waals surface area (Å²) in [4.78, 5) is 44.9. The summed E-state index contributed by atoms with van der Waals surface area (Å²) in [6, 6.07) is 8.38. The average Bonchev–Trinajstić information content (AvgIpc) is 3.35. The SMILES string of the molecule is CCOC(=O)c1sc(N2C(=O)C(=O)C(=C(O)c3ccc(OC)c(C)c3)C2c2ccc(Cl)cc2Cl)nc1C. The molecule has 1 aromatic heterocycles. The molecule has 1 fully saturated rings. The van der Waals surface area contributed by atoms with Crippen molar-refractivity contribution in [3.63, 3.8) is 0 Å². The van der Waals surface area contributed by atoms with Crippen LogP contribution in [-0.2, 0) is 14.3 Å². The second-order valence-corrected chi connectivity index (χ2v) is 9.97. The molecule has 2 heterocycles. The monoisotopic (exact) mass is 560 g/mol. The fraction of sp³-hybridized carbons (Fsp3) is 0.231. The van der Waals surface area contributed by atoms with E-state index in [4.69, 9.17) is 32.7 Å². The summed E-state index contributed by atoms with van der Waals surface area (Å²) in [5.74, 6) is -2.23. The Morgan fingerprint density at radius 3 is 2.51 bits per heavy atom. The van der Waals surface area contributed by atoms with Crippen LogP contribution >= 0.6 is 34.5 Å². The summed E-state index contributed by atoms with van der Waals surface area (Å²) in [5.41, 5.74) is 1.55. The number of amides is 1. The zero-order chi connectivity index (χ0) is 27.0. The first kappa shape index (κ1) is 26.7. The highest BCUT2D eigenvalue weighted by molar-refractivity contribution is 7.17. The Morgan fingerprint density at radius 1 is 1.16 bits per heavy atom. The smallest absolute Gasteiger partial charge is 0.350 e. The average molecular weight is 561 g/mol. The molecule has 1 saturated heterocycles. The summed E-state index contributed by atoms with van der Waals surface area (Å²) in [5, 5.41) is 12.0. The molecule has 0 spiro atoms. The van der Waals surface area contributed by atoms with Crippen LogP contribution in [0.3, 0.4) is 0 Å². The van der Waals surface area contributed by atoms with Crippen LogP contribution in [0.5, 0.6) is 5.75 Å². The van der Waals surface area contributed by atoms with E-state index in [1.807, 2.05) is 0 Å². The molecule has 1 unspecified atom stereocenters. The maximum atomic E-state index is 13.4. The molecule has 3 aromatic rings. The number of esters is 1. The lowest BCUT2D eigenvalue weighted by Gasteiger charge is -2.24. The molecule has 192 valence electrons. The molecule has 1 aliphatic heterocycles. The van der Waals surface area contributed by atoms with E-state index in [-0.39, 0.29) is 33.0 Å². The van der Waals surface area contributed by atoms with Crippen LogP contribution in [0, 0.1) is 13.8 Å². The molecule has 11 heteroatoms. The number of aromatic nitrogens is 1. The van der Waals surface area contributed by atoms with Gasteiger partial charge in [-0.05, 0) is 62.2 Å². The van der Waals surface area contributed by atoms with E-state index in [0.29, 0.717) is 27.6 Å². The molecule has 1 atom stereocenters. The Hall–Kier alpha value is -3.40. The maximum Gasteiger partial charge on any atom is 0.350 e. The van der Waals surface area contributed by atoms with Gasteiger partial charge in [-0.1, -0.05) is 40.6 Å². The lowest BCUT2D eigenvalue weighted by Crippen LogP contribution is -2.29. The summed E-state index contributed by atoms with van der Waals surface area (Å²) in [6.07, 6.45) is 0. The van der Waals surface area contributed by atoms with Gasteiger partial charge >= 0.3 is 11.9 Å². The standard InChI is InChI=1S/C26H22Cl2N2O6S/c1-5-36-25(34)23-13(3)29-26(37-23)30-20(16-8-7-15(27)11-17(16)28)19(22(32)24(30)33)21(31)14-6-9-18(35-4)12(2)10-14/h6-11,20,31H,5H2,1-4H3. The predicted molar refractivity (Wildman–Crippen MR) is 142 cm³/mol. The first-order chi connectivity index (χ1) is 17.6. The zero-order valence-electron chi connectivity index (χ0n) is 20.3. The number of hydrogen-bond donors (Lipinski definition) is 1. The van der Waals surface area contributed by atoms with Crippen molar-refractivity contribution < 1.29 is 29.0 Å². The largest absolute Gasteiger partial charge is 0.507 e. The first-order valence-corrected chi connectivity index (χ1v) is 12.7. The molecule has 1 aliphatic rings. The van der Waals surface area contributed by atoms with Crippen molar-refractivity contribution in [3.8, 4) is 5.75 Å². The highest BCUT2D eigenvalue weighted by Crippen LogP contribution is 2.46. The minimum absolute atomic E-state index is 0.0867. The van der Waals surface area contributed by atoms with E-state index in [0.717, 1.165) is 21.8 Å². The molecule has 37 heavy (non-hydrogen) atoms. The zero-order valence-corrected chi connectivity index (χ0v) is 22.6. The van der Waals surface area contributed by atoms with Gasteiger partial charge in [0.15, 0.2) is 5.13 Å². The summed E-state index contributed by atoms with van der Waals surface area (Å²) >= 11 is 13.5. The maximum absolute atomic E-state index is 13.4. The van der Waals surface area contributed by atoms with Crippen LogP contribution in [0.25, 0.3) is 5.76 Å². The van der Waals surface area contributed by atoms with E-state index >= 15 is 0 Å². The highest BCUT2D eigenvalue weighted by atomic mass is 35.5. The van der Waals surface area contributed by atoms with Crippen LogP contribution in [-0.4, -0.2) is 41.5 Å². The van der Waals surface area contributed by atoms with Crippen LogP contribution in [0.15, 0.2) is 42.0 Å².